The molecule has 0 spiro atoms. The van der Waals surface area contributed by atoms with Crippen molar-refractivity contribution >= 4 is 23.1 Å². The van der Waals surface area contributed by atoms with Crippen LogP contribution >= 0.6 is 0 Å². The molecule has 6 heteroatoms. The first-order chi connectivity index (χ1) is 13.0. The number of benzene rings is 2. The molecular formula is C21H24N4O2. The number of methoxy groups -OCH3 is 1. The lowest BCUT2D eigenvalue weighted by Gasteiger charge is -2.12. The molecule has 0 bridgehead atoms. The molecule has 0 radical (unpaired) electrons. The molecule has 6 nitrogen and oxygen atoms in total. The Labute approximate surface area is 159 Å². The van der Waals surface area contributed by atoms with E-state index in [1.807, 2.05) is 69.3 Å². The summed E-state index contributed by atoms with van der Waals surface area (Å²) in [6, 6.07) is 15.5. The number of rotatable bonds is 7. The van der Waals surface area contributed by atoms with Gasteiger partial charge in [0.05, 0.1) is 18.9 Å². The molecule has 3 aromatic rings. The number of ether oxygens (including phenoxy) is 2. The Morgan fingerprint density at radius 2 is 1.74 bits per heavy atom. The van der Waals surface area contributed by atoms with Crippen LogP contribution in [0.5, 0.6) is 11.5 Å². The third kappa shape index (κ3) is 5.10. The second-order valence-corrected chi connectivity index (χ2v) is 6.41. The van der Waals surface area contributed by atoms with Gasteiger partial charge in [0.1, 0.15) is 17.3 Å². The van der Waals surface area contributed by atoms with E-state index in [0.717, 1.165) is 28.4 Å². The fraction of sp³-hybridized carbons (Fsp3) is 0.238. The summed E-state index contributed by atoms with van der Waals surface area (Å²) >= 11 is 0. The highest BCUT2D eigenvalue weighted by Gasteiger charge is 2.06. The zero-order chi connectivity index (χ0) is 19.2. The largest absolute Gasteiger partial charge is 0.495 e. The second kappa shape index (κ2) is 8.40. The standard InChI is InChI=1S/C21H24N4O2/c1-14(2)27-17-8-6-16(7-9-17)23-20-11-12-22-21(25-20)24-18-13-15(3)5-10-19(18)26-4/h5-14H,1-4H3,(H2,22,23,24,25). The maximum absolute atomic E-state index is 5.66. The van der Waals surface area contributed by atoms with Crippen LogP contribution in [0.2, 0.25) is 0 Å². The predicted molar refractivity (Wildman–Crippen MR) is 109 cm³/mol. The van der Waals surface area contributed by atoms with E-state index in [1.54, 1.807) is 13.3 Å². The van der Waals surface area contributed by atoms with Crippen LogP contribution in [-0.4, -0.2) is 23.2 Å². The number of hydrogen-bond acceptors (Lipinski definition) is 6. The van der Waals surface area contributed by atoms with E-state index in [0.29, 0.717) is 11.8 Å². The molecule has 0 saturated carbocycles. The smallest absolute Gasteiger partial charge is 0.229 e. The Morgan fingerprint density at radius 3 is 2.44 bits per heavy atom. The van der Waals surface area contributed by atoms with Gasteiger partial charge in [0.25, 0.3) is 0 Å². The molecule has 0 fully saturated rings. The second-order valence-electron chi connectivity index (χ2n) is 6.41. The SMILES string of the molecule is COc1ccc(C)cc1Nc1nccc(Nc2ccc(OC(C)C)cc2)n1. The lowest BCUT2D eigenvalue weighted by molar-refractivity contribution is 0.242. The predicted octanol–water partition coefficient (Wildman–Crippen LogP) is 5.07. The summed E-state index contributed by atoms with van der Waals surface area (Å²) in [5.74, 6) is 2.76. The van der Waals surface area contributed by atoms with Crippen molar-refractivity contribution in [2.75, 3.05) is 17.7 Å². The van der Waals surface area contributed by atoms with Crippen LogP contribution in [0.25, 0.3) is 0 Å². The lowest BCUT2D eigenvalue weighted by atomic mass is 10.2. The van der Waals surface area contributed by atoms with Gasteiger partial charge in [-0.1, -0.05) is 6.07 Å². The summed E-state index contributed by atoms with van der Waals surface area (Å²) in [7, 11) is 1.64. The Balaban J connectivity index is 1.73. The molecule has 0 aliphatic heterocycles. The number of nitrogens with zero attached hydrogens (tertiary/aromatic N) is 2. The first kappa shape index (κ1) is 18.5. The van der Waals surface area contributed by atoms with Crippen molar-refractivity contribution in [3.8, 4) is 11.5 Å². The Bertz CT molecular complexity index is 895. The number of anilines is 4. The van der Waals surface area contributed by atoms with Crippen LogP contribution in [0.1, 0.15) is 19.4 Å². The quantitative estimate of drug-likeness (QED) is 0.610. The van der Waals surface area contributed by atoms with E-state index in [4.69, 9.17) is 9.47 Å². The minimum absolute atomic E-state index is 0.151. The van der Waals surface area contributed by atoms with Gasteiger partial charge in [0.15, 0.2) is 0 Å². The van der Waals surface area contributed by atoms with Crippen molar-refractivity contribution in [2.45, 2.75) is 26.9 Å². The maximum atomic E-state index is 5.66. The summed E-state index contributed by atoms with van der Waals surface area (Å²) < 4.78 is 11.1. The first-order valence-electron chi connectivity index (χ1n) is 8.82. The van der Waals surface area contributed by atoms with Gasteiger partial charge in [-0.2, -0.15) is 4.98 Å². The van der Waals surface area contributed by atoms with Crippen LogP contribution < -0.4 is 20.1 Å². The van der Waals surface area contributed by atoms with E-state index in [2.05, 4.69) is 20.6 Å². The fourth-order valence-corrected chi connectivity index (χ4v) is 2.57. The summed E-state index contributed by atoms with van der Waals surface area (Å²) in [4.78, 5) is 8.81. The molecule has 0 amide bonds. The van der Waals surface area contributed by atoms with E-state index >= 15 is 0 Å². The molecule has 0 aliphatic carbocycles. The summed E-state index contributed by atoms with van der Waals surface area (Å²) in [6.45, 7) is 6.03. The van der Waals surface area contributed by atoms with Crippen LogP contribution in [0, 0.1) is 6.92 Å². The molecule has 140 valence electrons. The molecule has 0 unspecified atom stereocenters. The van der Waals surface area contributed by atoms with Crippen molar-refractivity contribution in [3.63, 3.8) is 0 Å². The molecule has 0 saturated heterocycles. The Hall–Kier alpha value is -3.28. The highest BCUT2D eigenvalue weighted by molar-refractivity contribution is 5.65. The summed E-state index contributed by atoms with van der Waals surface area (Å²) in [6.07, 6.45) is 1.86. The first-order valence-corrected chi connectivity index (χ1v) is 8.82. The van der Waals surface area contributed by atoms with E-state index in [-0.39, 0.29) is 6.10 Å². The topological polar surface area (TPSA) is 68.3 Å². The van der Waals surface area contributed by atoms with Gasteiger partial charge in [-0.3, -0.25) is 0 Å². The van der Waals surface area contributed by atoms with E-state index < -0.39 is 0 Å². The van der Waals surface area contributed by atoms with Gasteiger partial charge >= 0.3 is 0 Å². The van der Waals surface area contributed by atoms with Gasteiger partial charge in [-0.25, -0.2) is 4.98 Å². The zero-order valence-electron chi connectivity index (χ0n) is 16.0. The molecule has 1 aromatic heterocycles. The van der Waals surface area contributed by atoms with Gasteiger partial charge in [-0.15, -0.1) is 0 Å². The summed E-state index contributed by atoms with van der Waals surface area (Å²) in [5, 5.41) is 6.49. The van der Waals surface area contributed by atoms with Crippen LogP contribution in [0.4, 0.5) is 23.1 Å². The van der Waals surface area contributed by atoms with Gasteiger partial charge in [0, 0.05) is 11.9 Å². The molecule has 0 aliphatic rings. The minimum Gasteiger partial charge on any atom is -0.495 e. The summed E-state index contributed by atoms with van der Waals surface area (Å²) in [5.41, 5.74) is 2.87. The average Bonchev–Trinajstić information content (AvgIpc) is 2.63. The molecule has 2 aromatic carbocycles. The lowest BCUT2D eigenvalue weighted by Crippen LogP contribution is -2.05. The van der Waals surface area contributed by atoms with Crippen molar-refractivity contribution < 1.29 is 9.47 Å². The van der Waals surface area contributed by atoms with Crippen LogP contribution in [0.3, 0.4) is 0 Å². The normalized spacial score (nSPS) is 10.6. The van der Waals surface area contributed by atoms with Crippen molar-refractivity contribution in [2.24, 2.45) is 0 Å². The molecule has 0 atom stereocenters. The van der Waals surface area contributed by atoms with Crippen LogP contribution in [-0.2, 0) is 0 Å². The third-order valence-electron chi connectivity index (χ3n) is 3.76. The van der Waals surface area contributed by atoms with Gasteiger partial charge < -0.3 is 20.1 Å². The van der Waals surface area contributed by atoms with Crippen molar-refractivity contribution in [3.05, 3.63) is 60.3 Å². The van der Waals surface area contributed by atoms with Crippen LogP contribution in [0.15, 0.2) is 54.7 Å². The molecule has 1 heterocycles. The highest BCUT2D eigenvalue weighted by atomic mass is 16.5. The highest BCUT2D eigenvalue weighted by Crippen LogP contribution is 2.28. The number of hydrogen-bond donors (Lipinski definition) is 2. The van der Waals surface area contributed by atoms with Gasteiger partial charge in [-0.05, 0) is 68.8 Å². The number of aryl methyl sites for hydroxylation is 1. The fourth-order valence-electron chi connectivity index (χ4n) is 2.57. The van der Waals surface area contributed by atoms with Crippen molar-refractivity contribution in [1.29, 1.82) is 0 Å². The third-order valence-corrected chi connectivity index (χ3v) is 3.76. The van der Waals surface area contributed by atoms with E-state index in [1.165, 1.54) is 0 Å². The minimum atomic E-state index is 0.151. The molecule has 3 rings (SSSR count). The molecular weight excluding hydrogens is 340 g/mol. The molecule has 27 heavy (non-hydrogen) atoms. The van der Waals surface area contributed by atoms with Crippen molar-refractivity contribution in [1.82, 2.24) is 9.97 Å². The van der Waals surface area contributed by atoms with Gasteiger partial charge in [0.2, 0.25) is 5.95 Å². The average molecular weight is 364 g/mol. The zero-order valence-corrected chi connectivity index (χ0v) is 16.0. The Morgan fingerprint density at radius 1 is 0.963 bits per heavy atom. The maximum Gasteiger partial charge on any atom is 0.229 e. The monoisotopic (exact) mass is 364 g/mol. The molecule has 2 N–H and O–H groups in total. The van der Waals surface area contributed by atoms with E-state index in [9.17, 15) is 0 Å². The number of aromatic nitrogens is 2. The Kier molecular flexibility index (Phi) is 5.76. The number of nitrogens with one attached hydrogen (secondary N) is 2.